The lowest BCUT2D eigenvalue weighted by molar-refractivity contribution is -0.114. The lowest BCUT2D eigenvalue weighted by Gasteiger charge is -2.04. The van der Waals surface area contributed by atoms with E-state index in [-0.39, 0.29) is 12.2 Å². The Labute approximate surface area is 151 Å². The van der Waals surface area contributed by atoms with Crippen LogP contribution in [-0.2, 0) is 11.2 Å². The molecular formula is C18H12N4O3S. The molecule has 0 atom stereocenters. The molecule has 4 aromatic rings. The minimum absolute atomic E-state index is 0.0940. The monoisotopic (exact) mass is 364 g/mol. The Morgan fingerprint density at radius 1 is 1.12 bits per heavy atom. The second-order valence-electron chi connectivity index (χ2n) is 5.47. The number of benzene rings is 1. The Bertz CT molecular complexity index is 1050. The molecule has 0 aliphatic carbocycles. The number of hydrogen-bond donors (Lipinski definition) is 1. The summed E-state index contributed by atoms with van der Waals surface area (Å²) in [6.45, 7) is 0. The molecular weight excluding hydrogens is 352 g/mol. The molecule has 0 amide bonds. The number of nitrogens with one attached hydrogen (secondary N) is 1. The van der Waals surface area contributed by atoms with E-state index in [1.165, 1.54) is 6.26 Å². The van der Waals surface area contributed by atoms with Crippen LogP contribution in [0.25, 0.3) is 21.8 Å². The normalized spacial score (nSPS) is 10.8. The van der Waals surface area contributed by atoms with Crippen LogP contribution < -0.4 is 0 Å². The number of carbonyl (C=O) groups excluding carboxylic acids is 2. The van der Waals surface area contributed by atoms with Crippen LogP contribution in [0.2, 0.25) is 0 Å². The highest BCUT2D eigenvalue weighted by Crippen LogP contribution is 2.38. The van der Waals surface area contributed by atoms with E-state index >= 15 is 0 Å². The Hall–Kier alpha value is -3.39. The summed E-state index contributed by atoms with van der Waals surface area (Å²) in [5.74, 6) is -1.05. The first-order chi connectivity index (χ1) is 12.7. The molecule has 0 saturated heterocycles. The molecule has 0 bridgehead atoms. The fourth-order valence-corrected chi connectivity index (χ4v) is 3.55. The van der Waals surface area contributed by atoms with Crippen LogP contribution in [0.4, 0.5) is 0 Å². The van der Waals surface area contributed by atoms with Crippen molar-refractivity contribution in [3.8, 4) is 21.8 Å². The van der Waals surface area contributed by atoms with Crippen molar-refractivity contribution in [3.63, 3.8) is 0 Å². The van der Waals surface area contributed by atoms with Gasteiger partial charge in [-0.3, -0.25) is 9.59 Å². The van der Waals surface area contributed by atoms with Crippen molar-refractivity contribution in [2.45, 2.75) is 6.42 Å². The SMILES string of the molecule is O=C(Cc1ccoc1-c1ccsc1-c1ccccc1)C(=O)c1nn[nH]n1. The number of Topliss-reactive ketones (excluding diaryl/α,β-unsaturated/α-hetero) is 2. The van der Waals surface area contributed by atoms with Gasteiger partial charge in [0.1, 0.15) is 5.76 Å². The van der Waals surface area contributed by atoms with Gasteiger partial charge < -0.3 is 4.42 Å². The maximum Gasteiger partial charge on any atom is 0.269 e. The molecule has 0 radical (unpaired) electrons. The number of H-pyrrole nitrogens is 1. The van der Waals surface area contributed by atoms with E-state index < -0.39 is 11.6 Å². The molecule has 0 fully saturated rings. The number of nitrogens with zero attached hydrogens (tertiary/aromatic N) is 3. The summed E-state index contributed by atoms with van der Waals surface area (Å²) in [6.07, 6.45) is 1.42. The molecule has 128 valence electrons. The molecule has 4 rings (SSSR count). The maximum atomic E-state index is 12.3. The van der Waals surface area contributed by atoms with Crippen LogP contribution in [0, 0.1) is 0 Å². The van der Waals surface area contributed by atoms with E-state index in [4.69, 9.17) is 4.42 Å². The van der Waals surface area contributed by atoms with Crippen LogP contribution in [0.15, 0.2) is 58.5 Å². The molecule has 0 spiro atoms. The highest BCUT2D eigenvalue weighted by Gasteiger charge is 2.24. The van der Waals surface area contributed by atoms with Crippen LogP contribution in [-0.4, -0.2) is 32.2 Å². The summed E-state index contributed by atoms with van der Waals surface area (Å²) in [7, 11) is 0. The van der Waals surface area contributed by atoms with Gasteiger partial charge in [-0.25, -0.2) is 0 Å². The van der Waals surface area contributed by atoms with Gasteiger partial charge in [-0.2, -0.15) is 5.21 Å². The van der Waals surface area contributed by atoms with E-state index in [1.54, 1.807) is 17.4 Å². The first-order valence-electron chi connectivity index (χ1n) is 7.74. The second-order valence-corrected chi connectivity index (χ2v) is 6.38. The first-order valence-corrected chi connectivity index (χ1v) is 8.62. The summed E-state index contributed by atoms with van der Waals surface area (Å²) in [5, 5.41) is 14.5. The largest absolute Gasteiger partial charge is 0.464 e. The Balaban J connectivity index is 1.64. The lowest BCUT2D eigenvalue weighted by atomic mass is 10.0. The van der Waals surface area contributed by atoms with Gasteiger partial charge >= 0.3 is 0 Å². The number of rotatable bonds is 6. The molecule has 1 aromatic carbocycles. The molecule has 0 aliphatic heterocycles. The van der Waals surface area contributed by atoms with Gasteiger partial charge in [0.25, 0.3) is 5.78 Å². The number of aromatic nitrogens is 4. The minimum atomic E-state index is -0.778. The molecule has 3 heterocycles. The zero-order valence-corrected chi connectivity index (χ0v) is 14.2. The quantitative estimate of drug-likeness (QED) is 0.416. The fraction of sp³-hybridized carbons (Fsp3) is 0.0556. The minimum Gasteiger partial charge on any atom is -0.464 e. The van der Waals surface area contributed by atoms with Crippen molar-refractivity contribution in [3.05, 3.63) is 65.5 Å². The smallest absolute Gasteiger partial charge is 0.269 e. The first kappa shape index (κ1) is 16.1. The van der Waals surface area contributed by atoms with E-state index in [9.17, 15) is 9.59 Å². The topological polar surface area (TPSA) is 102 Å². The highest BCUT2D eigenvalue weighted by atomic mass is 32.1. The number of thiophene rings is 1. The summed E-state index contributed by atoms with van der Waals surface area (Å²) >= 11 is 1.59. The Morgan fingerprint density at radius 3 is 2.73 bits per heavy atom. The van der Waals surface area contributed by atoms with Crippen LogP contribution in [0.1, 0.15) is 16.2 Å². The predicted octanol–water partition coefficient (Wildman–Crippen LogP) is 3.18. The Kier molecular flexibility index (Phi) is 4.24. The molecule has 1 N–H and O–H groups in total. The van der Waals surface area contributed by atoms with Gasteiger partial charge in [0.2, 0.25) is 11.6 Å². The van der Waals surface area contributed by atoms with Gasteiger partial charge in [0.05, 0.1) is 6.26 Å². The summed E-state index contributed by atoms with van der Waals surface area (Å²) < 4.78 is 5.64. The third kappa shape index (κ3) is 2.98. The van der Waals surface area contributed by atoms with Crippen LogP contribution in [0.3, 0.4) is 0 Å². The zero-order valence-electron chi connectivity index (χ0n) is 13.4. The maximum absolute atomic E-state index is 12.3. The van der Waals surface area contributed by atoms with Crippen molar-refractivity contribution in [2.75, 3.05) is 0 Å². The Morgan fingerprint density at radius 2 is 1.96 bits per heavy atom. The zero-order chi connectivity index (χ0) is 17.9. The van der Waals surface area contributed by atoms with Crippen molar-refractivity contribution in [1.29, 1.82) is 0 Å². The van der Waals surface area contributed by atoms with Gasteiger partial charge in [-0.05, 0) is 28.3 Å². The van der Waals surface area contributed by atoms with Crippen LogP contribution >= 0.6 is 11.3 Å². The molecule has 0 unspecified atom stereocenters. The number of aromatic amines is 1. The number of hydrogen-bond acceptors (Lipinski definition) is 7. The number of carbonyl (C=O) groups is 2. The van der Waals surface area contributed by atoms with Crippen LogP contribution in [0.5, 0.6) is 0 Å². The standard InChI is InChI=1S/C18H12N4O3S/c23-14(15(24)18-19-21-22-20-18)10-12-6-8-25-16(12)13-7-9-26-17(13)11-4-2-1-3-5-11/h1-9H,10H2,(H,19,20,21,22). The summed E-state index contributed by atoms with van der Waals surface area (Å²) in [4.78, 5) is 25.4. The molecule has 26 heavy (non-hydrogen) atoms. The van der Waals surface area contributed by atoms with Crippen molar-refractivity contribution < 1.29 is 14.0 Å². The molecule has 8 heteroatoms. The third-order valence-corrected chi connectivity index (χ3v) is 4.81. The third-order valence-electron chi connectivity index (χ3n) is 3.85. The highest BCUT2D eigenvalue weighted by molar-refractivity contribution is 7.14. The van der Waals surface area contributed by atoms with Gasteiger partial charge in [0.15, 0.2) is 0 Å². The van der Waals surface area contributed by atoms with E-state index in [1.807, 2.05) is 41.8 Å². The fourth-order valence-electron chi connectivity index (χ4n) is 2.65. The van der Waals surface area contributed by atoms with E-state index in [2.05, 4.69) is 20.6 Å². The van der Waals surface area contributed by atoms with Crippen molar-refractivity contribution >= 4 is 22.9 Å². The molecule has 7 nitrogen and oxygen atoms in total. The molecule has 3 aromatic heterocycles. The van der Waals surface area contributed by atoms with E-state index in [0.717, 1.165) is 16.0 Å². The summed E-state index contributed by atoms with van der Waals surface area (Å²) in [5.41, 5.74) is 2.59. The van der Waals surface area contributed by atoms with Crippen molar-refractivity contribution in [2.24, 2.45) is 0 Å². The summed E-state index contributed by atoms with van der Waals surface area (Å²) in [6, 6.07) is 13.6. The average Bonchev–Trinajstić information content (AvgIpc) is 3.42. The van der Waals surface area contributed by atoms with Gasteiger partial charge in [0, 0.05) is 22.4 Å². The number of ketones is 2. The van der Waals surface area contributed by atoms with Crippen molar-refractivity contribution in [1.82, 2.24) is 20.6 Å². The van der Waals surface area contributed by atoms with Gasteiger partial charge in [-0.1, -0.05) is 30.3 Å². The lowest BCUT2D eigenvalue weighted by Crippen LogP contribution is -2.18. The number of furan rings is 1. The average molecular weight is 364 g/mol. The second kappa shape index (κ2) is 6.85. The molecule has 0 saturated carbocycles. The van der Waals surface area contributed by atoms with Gasteiger partial charge in [-0.15, -0.1) is 21.5 Å². The predicted molar refractivity (Wildman–Crippen MR) is 94.7 cm³/mol. The van der Waals surface area contributed by atoms with E-state index in [0.29, 0.717) is 11.3 Å². The molecule has 0 aliphatic rings. The number of tetrazole rings is 1.